The maximum Gasteiger partial charge on any atom is 0.237 e. The highest BCUT2D eigenvalue weighted by Crippen LogP contribution is 2.23. The third-order valence-electron chi connectivity index (χ3n) is 4.27. The Kier molecular flexibility index (Phi) is 4.84. The molecule has 1 aromatic rings. The first kappa shape index (κ1) is 15.3. The lowest BCUT2D eigenvalue weighted by Crippen LogP contribution is -2.53. The minimum atomic E-state index is -0.0102. The first-order chi connectivity index (χ1) is 10.1. The van der Waals surface area contributed by atoms with E-state index in [4.69, 9.17) is 11.6 Å². The number of carbonyl (C=O) groups excluding carboxylic acids is 1. The number of amides is 1. The molecule has 1 aromatic heterocycles. The normalized spacial score (nSPS) is 22.2. The standard InChI is InChI=1S/C15H22ClN3OS/c1-11(15(20)17-12-2-3-12)19-8-6-18(7-9-19)10-13-4-5-14(16)21-13/h4-5,11-12H,2-3,6-10H2,1H3,(H,17,20)/t11-/m1/s1. The van der Waals surface area contributed by atoms with Crippen LogP contribution in [0.25, 0.3) is 0 Å². The molecule has 2 heterocycles. The van der Waals surface area contributed by atoms with E-state index in [2.05, 4.69) is 21.2 Å². The molecule has 0 spiro atoms. The SMILES string of the molecule is C[C@H](C(=O)NC1CC1)N1CCN(Cc2ccc(Cl)s2)CC1. The highest BCUT2D eigenvalue weighted by atomic mass is 35.5. The van der Waals surface area contributed by atoms with Crippen molar-refractivity contribution < 1.29 is 4.79 Å². The van der Waals surface area contributed by atoms with Crippen LogP contribution in [0.2, 0.25) is 4.34 Å². The second-order valence-electron chi connectivity index (χ2n) is 5.98. The van der Waals surface area contributed by atoms with E-state index in [9.17, 15) is 4.79 Å². The van der Waals surface area contributed by atoms with Gasteiger partial charge < -0.3 is 5.32 Å². The van der Waals surface area contributed by atoms with Gasteiger partial charge in [0.2, 0.25) is 5.91 Å². The lowest BCUT2D eigenvalue weighted by Gasteiger charge is -2.37. The second kappa shape index (κ2) is 6.65. The van der Waals surface area contributed by atoms with Gasteiger partial charge in [0, 0.05) is 43.6 Å². The third-order valence-corrected chi connectivity index (χ3v) is 5.48. The molecule has 1 N–H and O–H groups in total. The van der Waals surface area contributed by atoms with Crippen molar-refractivity contribution >= 4 is 28.8 Å². The second-order valence-corrected chi connectivity index (χ2v) is 7.78. The van der Waals surface area contributed by atoms with E-state index in [0.29, 0.717) is 6.04 Å². The Morgan fingerprint density at radius 2 is 2.10 bits per heavy atom. The van der Waals surface area contributed by atoms with Gasteiger partial charge in [-0.05, 0) is 31.9 Å². The number of hydrogen-bond donors (Lipinski definition) is 1. The molecule has 1 aliphatic heterocycles. The zero-order chi connectivity index (χ0) is 14.8. The van der Waals surface area contributed by atoms with Crippen LogP contribution in [0.1, 0.15) is 24.6 Å². The minimum Gasteiger partial charge on any atom is -0.352 e. The number of rotatable bonds is 5. The van der Waals surface area contributed by atoms with E-state index < -0.39 is 0 Å². The van der Waals surface area contributed by atoms with Crippen molar-refractivity contribution in [2.75, 3.05) is 26.2 Å². The Morgan fingerprint density at radius 3 is 2.67 bits per heavy atom. The van der Waals surface area contributed by atoms with Crippen molar-refractivity contribution in [3.63, 3.8) is 0 Å². The molecule has 1 aliphatic carbocycles. The monoisotopic (exact) mass is 327 g/mol. The first-order valence-corrected chi connectivity index (χ1v) is 8.82. The van der Waals surface area contributed by atoms with E-state index in [-0.39, 0.29) is 11.9 Å². The summed E-state index contributed by atoms with van der Waals surface area (Å²) in [7, 11) is 0. The molecule has 0 unspecified atom stereocenters. The van der Waals surface area contributed by atoms with Gasteiger partial charge in [-0.1, -0.05) is 11.6 Å². The lowest BCUT2D eigenvalue weighted by atomic mass is 10.2. The fourth-order valence-electron chi connectivity index (χ4n) is 2.68. The van der Waals surface area contributed by atoms with Crippen molar-refractivity contribution in [1.29, 1.82) is 0 Å². The number of thiophene rings is 1. The molecule has 1 atom stereocenters. The van der Waals surface area contributed by atoms with Gasteiger partial charge in [0.05, 0.1) is 10.4 Å². The number of piperazine rings is 1. The predicted octanol–water partition coefficient (Wildman–Crippen LogP) is 2.19. The van der Waals surface area contributed by atoms with Crippen LogP contribution in [0.4, 0.5) is 0 Å². The van der Waals surface area contributed by atoms with Crippen LogP contribution in [-0.4, -0.2) is 54.0 Å². The molecule has 2 aliphatic rings. The van der Waals surface area contributed by atoms with E-state index in [1.165, 1.54) is 4.88 Å². The molecule has 2 fully saturated rings. The zero-order valence-corrected chi connectivity index (χ0v) is 13.9. The van der Waals surface area contributed by atoms with Crippen molar-refractivity contribution in [1.82, 2.24) is 15.1 Å². The Labute approximate surface area is 135 Å². The summed E-state index contributed by atoms with van der Waals surface area (Å²) in [4.78, 5) is 18.1. The van der Waals surface area contributed by atoms with Gasteiger partial charge in [-0.25, -0.2) is 0 Å². The van der Waals surface area contributed by atoms with Crippen LogP contribution >= 0.6 is 22.9 Å². The van der Waals surface area contributed by atoms with Gasteiger partial charge in [-0.2, -0.15) is 0 Å². The number of nitrogens with one attached hydrogen (secondary N) is 1. The Morgan fingerprint density at radius 1 is 1.38 bits per heavy atom. The molecular formula is C15H22ClN3OS. The van der Waals surface area contributed by atoms with E-state index in [1.807, 2.05) is 13.0 Å². The van der Waals surface area contributed by atoms with Crippen LogP contribution in [0.15, 0.2) is 12.1 Å². The minimum absolute atomic E-state index is 0.0102. The summed E-state index contributed by atoms with van der Waals surface area (Å²) in [5, 5.41) is 3.10. The predicted molar refractivity (Wildman–Crippen MR) is 86.8 cm³/mol. The maximum absolute atomic E-state index is 12.1. The van der Waals surface area contributed by atoms with E-state index in [1.54, 1.807) is 11.3 Å². The summed E-state index contributed by atoms with van der Waals surface area (Å²) in [6.45, 7) is 6.92. The van der Waals surface area contributed by atoms with E-state index >= 15 is 0 Å². The van der Waals surface area contributed by atoms with Crippen LogP contribution in [0.5, 0.6) is 0 Å². The molecule has 1 saturated carbocycles. The largest absolute Gasteiger partial charge is 0.352 e. The topological polar surface area (TPSA) is 35.6 Å². The quantitative estimate of drug-likeness (QED) is 0.900. The lowest BCUT2D eigenvalue weighted by molar-refractivity contribution is -0.126. The van der Waals surface area contributed by atoms with Gasteiger partial charge in [-0.15, -0.1) is 11.3 Å². The molecule has 0 bridgehead atoms. The van der Waals surface area contributed by atoms with Gasteiger partial charge in [0.1, 0.15) is 0 Å². The van der Waals surface area contributed by atoms with Crippen molar-refractivity contribution in [2.45, 2.75) is 38.4 Å². The van der Waals surface area contributed by atoms with Gasteiger partial charge in [0.25, 0.3) is 0 Å². The number of halogens is 1. The molecule has 0 aromatic carbocycles. The fraction of sp³-hybridized carbons (Fsp3) is 0.667. The molecule has 116 valence electrons. The average Bonchev–Trinajstić information content (AvgIpc) is 3.20. The van der Waals surface area contributed by atoms with Crippen LogP contribution < -0.4 is 5.32 Å². The smallest absolute Gasteiger partial charge is 0.237 e. The fourth-order valence-corrected chi connectivity index (χ4v) is 3.81. The van der Waals surface area contributed by atoms with Crippen molar-refractivity contribution in [3.8, 4) is 0 Å². The third kappa shape index (κ3) is 4.19. The number of nitrogens with zero attached hydrogens (tertiary/aromatic N) is 2. The average molecular weight is 328 g/mol. The van der Waals surface area contributed by atoms with E-state index in [0.717, 1.165) is 49.9 Å². The van der Waals surface area contributed by atoms with Gasteiger partial charge >= 0.3 is 0 Å². The van der Waals surface area contributed by atoms with Gasteiger partial charge in [0.15, 0.2) is 0 Å². The first-order valence-electron chi connectivity index (χ1n) is 7.63. The number of hydrogen-bond acceptors (Lipinski definition) is 4. The van der Waals surface area contributed by atoms with Crippen LogP contribution in [0, 0.1) is 0 Å². The number of carbonyl (C=O) groups is 1. The molecule has 1 saturated heterocycles. The van der Waals surface area contributed by atoms with Gasteiger partial charge in [-0.3, -0.25) is 14.6 Å². The summed E-state index contributed by atoms with van der Waals surface area (Å²) in [6.07, 6.45) is 2.30. The van der Waals surface area contributed by atoms with Crippen molar-refractivity contribution in [2.24, 2.45) is 0 Å². The summed E-state index contributed by atoms with van der Waals surface area (Å²) in [5.74, 6) is 0.191. The Hall–Kier alpha value is -0.620. The summed E-state index contributed by atoms with van der Waals surface area (Å²) < 4.78 is 0.856. The maximum atomic E-state index is 12.1. The Bertz CT molecular complexity index is 495. The van der Waals surface area contributed by atoms with Crippen molar-refractivity contribution in [3.05, 3.63) is 21.3 Å². The highest BCUT2D eigenvalue weighted by molar-refractivity contribution is 7.16. The van der Waals surface area contributed by atoms with Crippen LogP contribution in [-0.2, 0) is 11.3 Å². The molecule has 1 amide bonds. The molecule has 0 radical (unpaired) electrons. The molecule has 3 rings (SSSR count). The summed E-state index contributed by atoms with van der Waals surface area (Å²) in [5.41, 5.74) is 0. The molecule has 4 nitrogen and oxygen atoms in total. The summed E-state index contributed by atoms with van der Waals surface area (Å²) in [6, 6.07) is 4.50. The highest BCUT2D eigenvalue weighted by Gasteiger charge is 2.29. The molecular weight excluding hydrogens is 306 g/mol. The molecule has 6 heteroatoms. The summed E-state index contributed by atoms with van der Waals surface area (Å²) >= 11 is 7.62. The Balaban J connectivity index is 1.44. The molecule has 21 heavy (non-hydrogen) atoms. The van der Waals surface area contributed by atoms with Crippen LogP contribution in [0.3, 0.4) is 0 Å². The zero-order valence-electron chi connectivity index (χ0n) is 12.3.